The Hall–Kier alpha value is -2.76. The highest BCUT2D eigenvalue weighted by Gasteiger charge is 2.08. The molecular formula is C20H28O6. The lowest BCUT2D eigenvalue weighted by Crippen LogP contribution is -2.03. The van der Waals surface area contributed by atoms with Crippen molar-refractivity contribution in [1.82, 2.24) is 0 Å². The zero-order chi connectivity index (χ0) is 20.5. The summed E-state index contributed by atoms with van der Waals surface area (Å²) in [4.78, 5) is 43.2. The maximum atomic E-state index is 11.0. The number of hydrogen-bond acceptors (Lipinski definition) is 6. The number of ketones is 2. The quantitative estimate of drug-likeness (QED) is 0.434. The van der Waals surface area contributed by atoms with Crippen LogP contribution in [0.2, 0.25) is 0 Å². The Bertz CT molecular complexity index is 583. The number of carbonyl (C=O) groups excluding carboxylic acids is 4. The van der Waals surface area contributed by atoms with Gasteiger partial charge in [0, 0.05) is 23.3 Å². The molecule has 0 aliphatic carbocycles. The van der Waals surface area contributed by atoms with Crippen molar-refractivity contribution >= 4 is 23.5 Å². The highest BCUT2D eigenvalue weighted by molar-refractivity contribution is 6.07. The van der Waals surface area contributed by atoms with Gasteiger partial charge < -0.3 is 9.47 Å². The number of benzene rings is 1. The van der Waals surface area contributed by atoms with Crippen molar-refractivity contribution in [2.75, 3.05) is 13.7 Å². The van der Waals surface area contributed by atoms with E-state index in [1.807, 2.05) is 20.8 Å². The van der Waals surface area contributed by atoms with Crippen molar-refractivity contribution in [3.05, 3.63) is 47.5 Å². The van der Waals surface area contributed by atoms with Crippen LogP contribution in [-0.2, 0) is 19.1 Å². The van der Waals surface area contributed by atoms with Crippen LogP contribution in [0.15, 0.2) is 36.4 Å². The van der Waals surface area contributed by atoms with Crippen molar-refractivity contribution < 1.29 is 28.7 Å². The average Bonchev–Trinajstić information content (AvgIpc) is 2.66. The topological polar surface area (TPSA) is 86.7 Å². The van der Waals surface area contributed by atoms with Crippen LogP contribution in [0, 0.1) is 0 Å². The second-order valence-electron chi connectivity index (χ2n) is 4.68. The minimum Gasteiger partial charge on any atom is -0.466 e. The summed E-state index contributed by atoms with van der Waals surface area (Å²) in [7, 11) is 1.24. The van der Waals surface area contributed by atoms with Gasteiger partial charge in [0.25, 0.3) is 0 Å². The molecular weight excluding hydrogens is 336 g/mol. The molecule has 6 heteroatoms. The number of esters is 2. The zero-order valence-electron chi connectivity index (χ0n) is 16.3. The van der Waals surface area contributed by atoms with E-state index in [0.717, 1.165) is 18.6 Å². The lowest BCUT2D eigenvalue weighted by Gasteiger charge is -2.00. The van der Waals surface area contributed by atoms with Crippen molar-refractivity contribution in [2.24, 2.45) is 0 Å². The number of methoxy groups -OCH3 is 1. The summed E-state index contributed by atoms with van der Waals surface area (Å²) in [5, 5.41) is 0. The maximum Gasteiger partial charge on any atom is 0.331 e. The van der Waals surface area contributed by atoms with Gasteiger partial charge >= 0.3 is 11.9 Å². The molecule has 0 atom stereocenters. The lowest BCUT2D eigenvalue weighted by atomic mass is 10.0. The Morgan fingerprint density at radius 3 is 1.65 bits per heavy atom. The third-order valence-electron chi connectivity index (χ3n) is 2.69. The molecule has 1 rings (SSSR count). The van der Waals surface area contributed by atoms with Gasteiger partial charge in [-0.2, -0.15) is 0 Å². The first-order valence-corrected chi connectivity index (χ1v) is 8.37. The van der Waals surface area contributed by atoms with Crippen molar-refractivity contribution in [3.63, 3.8) is 0 Å². The molecule has 0 aromatic heterocycles. The molecule has 0 aliphatic rings. The smallest absolute Gasteiger partial charge is 0.331 e. The summed E-state index contributed by atoms with van der Waals surface area (Å²) in [6.07, 6.45) is 2.83. The number of Topliss-reactive ketones (excluding diaryl/α,β-unsaturated/α-hetero) is 2. The maximum absolute atomic E-state index is 11.0. The second kappa shape index (κ2) is 15.7. The van der Waals surface area contributed by atoms with Crippen molar-refractivity contribution in [3.8, 4) is 0 Å². The van der Waals surface area contributed by atoms with Crippen LogP contribution in [-0.4, -0.2) is 37.2 Å². The van der Waals surface area contributed by atoms with Crippen LogP contribution >= 0.6 is 0 Å². The van der Waals surface area contributed by atoms with Gasteiger partial charge in [-0.25, -0.2) is 9.59 Å². The molecule has 0 spiro atoms. The molecule has 0 N–H and O–H groups in total. The summed E-state index contributed by atoms with van der Waals surface area (Å²) in [6, 6.07) is 6.84. The van der Waals surface area contributed by atoms with E-state index in [9.17, 15) is 19.2 Å². The van der Waals surface area contributed by atoms with Gasteiger partial charge in [-0.05, 0) is 20.3 Å². The molecule has 26 heavy (non-hydrogen) atoms. The number of ether oxygens (including phenoxy) is 2. The van der Waals surface area contributed by atoms with Gasteiger partial charge in [0.2, 0.25) is 0 Å². The fourth-order valence-electron chi connectivity index (χ4n) is 1.55. The van der Waals surface area contributed by atoms with Crippen LogP contribution in [0.5, 0.6) is 0 Å². The van der Waals surface area contributed by atoms with Crippen molar-refractivity contribution in [1.29, 1.82) is 0 Å². The Morgan fingerprint density at radius 2 is 1.31 bits per heavy atom. The van der Waals surface area contributed by atoms with Crippen molar-refractivity contribution in [2.45, 2.75) is 41.0 Å². The molecule has 0 heterocycles. The predicted octanol–water partition coefficient (Wildman–Crippen LogP) is 3.79. The first-order chi connectivity index (χ1) is 12.3. The van der Waals surface area contributed by atoms with E-state index < -0.39 is 11.9 Å². The van der Waals surface area contributed by atoms with E-state index in [-0.39, 0.29) is 11.6 Å². The van der Waals surface area contributed by atoms with Crippen LogP contribution in [0.4, 0.5) is 0 Å². The molecule has 0 fully saturated rings. The molecule has 0 unspecified atom stereocenters. The minimum atomic E-state index is -0.566. The normalized spacial score (nSPS) is 9.15. The van der Waals surface area contributed by atoms with Gasteiger partial charge in [0.05, 0.1) is 13.7 Å². The Morgan fingerprint density at radius 1 is 0.885 bits per heavy atom. The Labute approximate surface area is 155 Å². The molecule has 0 amide bonds. The summed E-state index contributed by atoms with van der Waals surface area (Å²) in [5.41, 5.74) is 1.01. The van der Waals surface area contributed by atoms with Crippen LogP contribution in [0.25, 0.3) is 0 Å². The molecule has 1 aromatic carbocycles. The van der Waals surface area contributed by atoms with E-state index in [1.165, 1.54) is 21.0 Å². The fraction of sp³-hybridized carbons (Fsp3) is 0.400. The van der Waals surface area contributed by atoms with E-state index in [2.05, 4.69) is 9.47 Å². The zero-order valence-corrected chi connectivity index (χ0v) is 16.3. The number of rotatable bonds is 6. The molecule has 6 nitrogen and oxygen atoms in total. The standard InChI is InChI=1S/C10H10O2.C8H12O4.C2H6/c1-7(11)9-5-3-4-6-10(9)8(2)12;1-3-6-12-8(10)5-4-7(9)11-2;1-2/h3-6H,1-2H3;4-5H,3,6H2,1-2H3;1-2H3/b;5-4+;. The van der Waals surface area contributed by atoms with Gasteiger partial charge in [-0.1, -0.05) is 45.0 Å². The monoisotopic (exact) mass is 364 g/mol. The molecule has 0 bridgehead atoms. The van der Waals surface area contributed by atoms with E-state index in [1.54, 1.807) is 24.3 Å². The average molecular weight is 364 g/mol. The summed E-state index contributed by atoms with van der Waals surface area (Å²) in [6.45, 7) is 9.17. The second-order valence-corrected chi connectivity index (χ2v) is 4.68. The summed E-state index contributed by atoms with van der Waals surface area (Å²) in [5.74, 6) is -1.23. The first-order valence-electron chi connectivity index (χ1n) is 8.37. The molecule has 0 radical (unpaired) electrons. The summed E-state index contributed by atoms with van der Waals surface area (Å²) < 4.78 is 8.92. The fourth-order valence-corrected chi connectivity index (χ4v) is 1.55. The lowest BCUT2D eigenvalue weighted by molar-refractivity contribution is -0.139. The van der Waals surface area contributed by atoms with Gasteiger partial charge in [-0.15, -0.1) is 0 Å². The largest absolute Gasteiger partial charge is 0.466 e. The third kappa shape index (κ3) is 11.7. The Kier molecular flexibility index (Phi) is 15.4. The predicted molar refractivity (Wildman–Crippen MR) is 100 cm³/mol. The highest BCUT2D eigenvalue weighted by Crippen LogP contribution is 2.09. The molecule has 0 aliphatic heterocycles. The molecule has 0 saturated carbocycles. The molecule has 1 aromatic rings. The van der Waals surface area contributed by atoms with E-state index >= 15 is 0 Å². The van der Waals surface area contributed by atoms with Crippen LogP contribution in [0.3, 0.4) is 0 Å². The van der Waals surface area contributed by atoms with Gasteiger partial charge in [0.1, 0.15) is 0 Å². The van der Waals surface area contributed by atoms with E-state index in [0.29, 0.717) is 17.7 Å². The van der Waals surface area contributed by atoms with Gasteiger partial charge in [0.15, 0.2) is 11.6 Å². The van der Waals surface area contributed by atoms with Gasteiger partial charge in [-0.3, -0.25) is 9.59 Å². The minimum absolute atomic E-state index is 0.0687. The van der Waals surface area contributed by atoms with Crippen LogP contribution < -0.4 is 0 Å². The first kappa shape index (κ1) is 25.5. The SMILES string of the molecule is CC.CC(=O)c1ccccc1C(C)=O.CCCOC(=O)/C=C/C(=O)OC. The van der Waals surface area contributed by atoms with E-state index in [4.69, 9.17) is 0 Å². The van der Waals surface area contributed by atoms with Crippen LogP contribution in [0.1, 0.15) is 61.8 Å². The number of hydrogen-bond donors (Lipinski definition) is 0. The molecule has 144 valence electrons. The Balaban J connectivity index is 0. The number of carbonyl (C=O) groups is 4. The summed E-state index contributed by atoms with van der Waals surface area (Å²) >= 11 is 0. The third-order valence-corrected chi connectivity index (χ3v) is 2.69. The molecule has 0 saturated heterocycles. The highest BCUT2D eigenvalue weighted by atomic mass is 16.5.